The molecule has 13 heteroatoms. The van der Waals surface area contributed by atoms with Crippen molar-refractivity contribution < 1.29 is 33.8 Å². The minimum atomic E-state index is -2.02. The van der Waals surface area contributed by atoms with E-state index in [2.05, 4.69) is 0 Å². The van der Waals surface area contributed by atoms with Crippen LogP contribution in [0.2, 0.25) is 5.02 Å². The first-order chi connectivity index (χ1) is 16.8. The average molecular weight is 557 g/mol. The molecule has 190 valence electrons. The number of likely N-dealkylation sites (tertiary alicyclic amines) is 2. The van der Waals surface area contributed by atoms with E-state index in [9.17, 15) is 29.1 Å². The second-order valence-electron chi connectivity index (χ2n) is 9.40. The zero-order chi connectivity index (χ0) is 26.5. The molecule has 10 nitrogen and oxygen atoms in total. The number of amides is 6. The summed E-state index contributed by atoms with van der Waals surface area (Å²) in [5.74, 6) is -7.19. The molecule has 2 heterocycles. The number of halogens is 3. The molecular weight excluding hydrogens is 537 g/mol. The third-order valence-corrected chi connectivity index (χ3v) is 9.54. The number of hydrogen-bond donors (Lipinski definition) is 2. The molecule has 6 amide bonds. The largest absolute Gasteiger partial charge is 0.503 e. The fourth-order valence-corrected chi connectivity index (χ4v) is 7.49. The molecule has 3 fully saturated rings. The first-order valence-electron chi connectivity index (χ1n) is 10.9. The Morgan fingerprint density at radius 3 is 2.42 bits per heavy atom. The van der Waals surface area contributed by atoms with Crippen molar-refractivity contribution in [3.8, 4) is 11.5 Å². The maximum Gasteiger partial charge on any atom is 0.328 e. The summed E-state index contributed by atoms with van der Waals surface area (Å²) in [7, 11) is 2.57. The number of imide groups is 4. The molecule has 4 aliphatic rings. The number of carbonyl (C=O) groups is 5. The van der Waals surface area contributed by atoms with Crippen LogP contribution in [0.1, 0.15) is 24.3 Å². The molecule has 0 bridgehead atoms. The number of nitrogens with zero attached hydrogens (tertiary/aromatic N) is 2. The number of fused-ring (bicyclic) bond motifs is 4. The smallest absolute Gasteiger partial charge is 0.328 e. The van der Waals surface area contributed by atoms with Gasteiger partial charge in [-0.15, -0.1) is 23.2 Å². The quantitative estimate of drug-likeness (QED) is 0.322. The second-order valence-corrected chi connectivity index (χ2v) is 11.1. The van der Waals surface area contributed by atoms with E-state index in [1.807, 2.05) is 0 Å². The fourth-order valence-electron chi connectivity index (χ4n) is 6.25. The Kier molecular flexibility index (Phi) is 5.41. The minimum Gasteiger partial charge on any atom is -0.503 e. The Morgan fingerprint density at radius 1 is 1.14 bits per heavy atom. The van der Waals surface area contributed by atoms with Crippen molar-refractivity contribution in [1.82, 2.24) is 9.80 Å². The van der Waals surface area contributed by atoms with Crippen LogP contribution in [0.4, 0.5) is 4.79 Å². The predicted octanol–water partition coefficient (Wildman–Crippen LogP) is 2.12. The van der Waals surface area contributed by atoms with Crippen molar-refractivity contribution in [2.75, 3.05) is 14.2 Å². The van der Waals surface area contributed by atoms with Crippen LogP contribution in [-0.2, 0) is 19.2 Å². The van der Waals surface area contributed by atoms with Crippen molar-refractivity contribution in [3.63, 3.8) is 0 Å². The van der Waals surface area contributed by atoms with Crippen LogP contribution in [0, 0.1) is 17.8 Å². The van der Waals surface area contributed by atoms with Crippen LogP contribution >= 0.6 is 34.8 Å². The van der Waals surface area contributed by atoms with Gasteiger partial charge in [0, 0.05) is 13.0 Å². The molecule has 1 aromatic carbocycles. The number of rotatable bonds is 2. The lowest BCUT2D eigenvalue weighted by Gasteiger charge is -2.50. The van der Waals surface area contributed by atoms with Crippen molar-refractivity contribution in [1.29, 1.82) is 0 Å². The van der Waals surface area contributed by atoms with Gasteiger partial charge in [0.15, 0.2) is 21.2 Å². The van der Waals surface area contributed by atoms with E-state index >= 15 is 0 Å². The summed E-state index contributed by atoms with van der Waals surface area (Å²) in [4.78, 5) is 62.0. The van der Waals surface area contributed by atoms with Crippen LogP contribution in [0.5, 0.6) is 11.5 Å². The Labute approximate surface area is 219 Å². The Hall–Kier alpha value is -2.82. The summed E-state index contributed by atoms with van der Waals surface area (Å²) in [6.07, 6.45) is 1.53. The molecule has 36 heavy (non-hydrogen) atoms. The van der Waals surface area contributed by atoms with E-state index in [0.29, 0.717) is 16.0 Å². The summed E-state index contributed by atoms with van der Waals surface area (Å²) in [6.45, 7) is 0. The Bertz CT molecular complexity index is 1320. The summed E-state index contributed by atoms with van der Waals surface area (Å²) < 4.78 is 5.22. The molecule has 1 aromatic rings. The first-order valence-corrected chi connectivity index (χ1v) is 12.1. The molecule has 2 aliphatic heterocycles. The number of primary amides is 1. The van der Waals surface area contributed by atoms with E-state index in [-0.39, 0.29) is 29.4 Å². The lowest BCUT2D eigenvalue weighted by molar-refractivity contribution is -0.139. The maximum atomic E-state index is 13.5. The molecular formula is C23H20Cl3N3O7. The van der Waals surface area contributed by atoms with Gasteiger partial charge < -0.3 is 15.6 Å². The standard InChI is InChI=1S/C23H20Cl3N3O7/c1-28-19(33)22(25)7-11-9(3-4-10-14(11)18(32)29(17(10)31)21(27)35)15(23(22,26)20(28)34)8-5-12(24)16(30)13(6-8)36-2/h3,5-6,10-11,14-15,30H,4,7H2,1-2H3,(H2,27,35)/t10-,11+,14-,15-,22+,23-/m0/s1. The zero-order valence-corrected chi connectivity index (χ0v) is 21.2. The topological polar surface area (TPSA) is 147 Å². The van der Waals surface area contributed by atoms with Crippen LogP contribution in [0.15, 0.2) is 23.8 Å². The number of urea groups is 1. The third kappa shape index (κ3) is 2.83. The third-order valence-electron chi connectivity index (χ3n) is 7.84. The second kappa shape index (κ2) is 7.84. The van der Waals surface area contributed by atoms with Gasteiger partial charge in [0.2, 0.25) is 11.8 Å². The van der Waals surface area contributed by atoms with Gasteiger partial charge in [-0.3, -0.25) is 24.1 Å². The number of benzene rings is 1. The number of nitrogens with two attached hydrogens (primary N) is 1. The van der Waals surface area contributed by atoms with Gasteiger partial charge in [-0.1, -0.05) is 23.3 Å². The molecule has 0 spiro atoms. The molecule has 0 unspecified atom stereocenters. The highest BCUT2D eigenvalue weighted by Crippen LogP contribution is 2.65. The highest BCUT2D eigenvalue weighted by atomic mass is 35.5. The molecule has 2 aliphatic carbocycles. The maximum absolute atomic E-state index is 13.5. The Morgan fingerprint density at radius 2 is 1.81 bits per heavy atom. The van der Waals surface area contributed by atoms with E-state index in [1.165, 1.54) is 26.3 Å². The van der Waals surface area contributed by atoms with Crippen LogP contribution in [0.3, 0.4) is 0 Å². The molecule has 0 aromatic heterocycles. The first kappa shape index (κ1) is 24.9. The number of aromatic hydroxyl groups is 1. The van der Waals surface area contributed by atoms with Crippen molar-refractivity contribution in [2.45, 2.75) is 28.5 Å². The van der Waals surface area contributed by atoms with E-state index in [1.54, 1.807) is 6.08 Å². The van der Waals surface area contributed by atoms with Crippen LogP contribution in [-0.4, -0.2) is 68.5 Å². The monoisotopic (exact) mass is 555 g/mol. The van der Waals surface area contributed by atoms with Gasteiger partial charge in [-0.05, 0) is 36.5 Å². The molecule has 2 saturated heterocycles. The average Bonchev–Trinajstić information content (AvgIpc) is 3.16. The van der Waals surface area contributed by atoms with E-state index < -0.39 is 63.1 Å². The van der Waals surface area contributed by atoms with Gasteiger partial charge in [0.25, 0.3) is 11.8 Å². The number of ether oxygens (including phenoxy) is 1. The van der Waals surface area contributed by atoms with Crippen LogP contribution < -0.4 is 10.5 Å². The normalized spacial score (nSPS) is 35.4. The number of methoxy groups -OCH3 is 1. The minimum absolute atomic E-state index is 0.00787. The summed E-state index contributed by atoms with van der Waals surface area (Å²) in [5, 5.41) is 10.2. The number of allylic oxidation sites excluding steroid dienone is 2. The summed E-state index contributed by atoms with van der Waals surface area (Å²) >= 11 is 20.3. The highest BCUT2D eigenvalue weighted by Gasteiger charge is 2.76. The number of alkyl halides is 2. The number of phenols is 1. The molecule has 5 rings (SSSR count). The SMILES string of the molecule is COc1cc([C@H]2C3=CC[C@@H]4C(=O)N(C(N)=O)C(=O)[C@@H]4[C@@H]3C[C@@]3(Cl)C(=O)N(C)C(=O)[C@@]23Cl)cc(Cl)c1O. The van der Waals surface area contributed by atoms with Crippen molar-refractivity contribution >= 4 is 64.5 Å². The van der Waals surface area contributed by atoms with Gasteiger partial charge in [-0.25, -0.2) is 4.79 Å². The molecule has 3 N–H and O–H groups in total. The molecule has 6 atom stereocenters. The lowest BCUT2D eigenvalue weighted by atomic mass is 9.56. The molecule has 0 radical (unpaired) electrons. The van der Waals surface area contributed by atoms with Gasteiger partial charge in [-0.2, -0.15) is 4.90 Å². The Balaban J connectivity index is 1.76. The van der Waals surface area contributed by atoms with Gasteiger partial charge in [0.1, 0.15) is 0 Å². The zero-order valence-electron chi connectivity index (χ0n) is 19.0. The molecule has 1 saturated carbocycles. The van der Waals surface area contributed by atoms with E-state index in [4.69, 9.17) is 45.3 Å². The van der Waals surface area contributed by atoms with Gasteiger partial charge >= 0.3 is 6.03 Å². The number of hydrogen-bond acceptors (Lipinski definition) is 7. The van der Waals surface area contributed by atoms with Crippen molar-refractivity contribution in [3.05, 3.63) is 34.4 Å². The summed E-state index contributed by atoms with van der Waals surface area (Å²) in [6, 6.07) is 1.62. The lowest BCUT2D eigenvalue weighted by Crippen LogP contribution is -2.60. The summed E-state index contributed by atoms with van der Waals surface area (Å²) in [5.41, 5.74) is 6.10. The fraction of sp³-hybridized carbons (Fsp3) is 0.435. The van der Waals surface area contributed by atoms with E-state index in [0.717, 1.165) is 4.90 Å². The van der Waals surface area contributed by atoms with Crippen LogP contribution in [0.25, 0.3) is 0 Å². The van der Waals surface area contributed by atoms with Gasteiger partial charge in [0.05, 0.1) is 24.0 Å². The van der Waals surface area contributed by atoms with Crippen molar-refractivity contribution in [2.24, 2.45) is 23.5 Å². The number of phenolic OH excluding ortho intramolecular Hbond substituents is 1. The highest BCUT2D eigenvalue weighted by molar-refractivity contribution is 6.53. The predicted molar refractivity (Wildman–Crippen MR) is 127 cm³/mol. The number of carbonyl (C=O) groups excluding carboxylic acids is 5.